The van der Waals surface area contributed by atoms with Crippen molar-refractivity contribution in [3.8, 4) is 0 Å². The fourth-order valence-corrected chi connectivity index (χ4v) is 2.80. The second-order valence-electron chi connectivity index (χ2n) is 5.12. The molecule has 3 nitrogen and oxygen atoms in total. The van der Waals surface area contributed by atoms with Crippen LogP contribution in [-0.4, -0.2) is 42.8 Å². The molecule has 5 heteroatoms. The van der Waals surface area contributed by atoms with E-state index in [0.717, 1.165) is 50.1 Å². The smallest absolute Gasteiger partial charge is 0.126 e. The molecular weight excluding hydrogens is 279 g/mol. The third-order valence-corrected chi connectivity index (χ3v) is 3.90. The number of halogens is 2. The number of hydrogen-bond donors (Lipinski definition) is 2. The summed E-state index contributed by atoms with van der Waals surface area (Å²) < 4.78 is 13.7. The van der Waals surface area contributed by atoms with Gasteiger partial charge in [-0.05, 0) is 37.0 Å². The highest BCUT2D eigenvalue weighted by atomic mass is 35.5. The summed E-state index contributed by atoms with van der Waals surface area (Å²) in [5.74, 6) is -0.137. The minimum atomic E-state index is -0.137. The lowest BCUT2D eigenvalue weighted by Gasteiger charge is -2.36. The molecule has 1 heterocycles. The van der Waals surface area contributed by atoms with Crippen LogP contribution in [0.2, 0.25) is 0 Å². The van der Waals surface area contributed by atoms with Gasteiger partial charge in [0.05, 0.1) is 0 Å². The minimum absolute atomic E-state index is 0. The third kappa shape index (κ3) is 4.16. The first-order chi connectivity index (χ1) is 9.24. The van der Waals surface area contributed by atoms with E-state index in [4.69, 9.17) is 5.11 Å². The van der Waals surface area contributed by atoms with E-state index in [1.807, 2.05) is 13.0 Å². The highest BCUT2D eigenvalue weighted by molar-refractivity contribution is 5.85. The van der Waals surface area contributed by atoms with Crippen molar-refractivity contribution in [1.29, 1.82) is 0 Å². The van der Waals surface area contributed by atoms with Crippen LogP contribution >= 0.6 is 12.4 Å². The van der Waals surface area contributed by atoms with Gasteiger partial charge in [-0.25, -0.2) is 4.39 Å². The van der Waals surface area contributed by atoms with E-state index in [9.17, 15) is 4.39 Å². The van der Waals surface area contributed by atoms with Crippen LogP contribution in [0, 0.1) is 12.7 Å². The largest absolute Gasteiger partial charge is 0.396 e. The van der Waals surface area contributed by atoms with Gasteiger partial charge in [0.15, 0.2) is 0 Å². The Balaban J connectivity index is 0.00000200. The van der Waals surface area contributed by atoms with Gasteiger partial charge >= 0.3 is 0 Å². The van der Waals surface area contributed by atoms with E-state index in [0.29, 0.717) is 0 Å². The first kappa shape index (κ1) is 17.4. The van der Waals surface area contributed by atoms with Crippen LogP contribution in [0.25, 0.3) is 0 Å². The molecule has 1 aliphatic heterocycles. The standard InChI is InChI=1S/C15H23FN2O.ClH/c1-12-13(4-2-5-14(12)16)15(6-3-11-19)18-9-7-17-8-10-18;/h2,4-5,15,17,19H,3,6-11H2,1H3;1H/t15-;/m0./s1. The van der Waals surface area contributed by atoms with Crippen LogP contribution in [0.5, 0.6) is 0 Å². The first-order valence-electron chi connectivity index (χ1n) is 7.04. The summed E-state index contributed by atoms with van der Waals surface area (Å²) in [6, 6.07) is 5.53. The maximum Gasteiger partial charge on any atom is 0.126 e. The van der Waals surface area contributed by atoms with Crippen molar-refractivity contribution in [2.75, 3.05) is 32.8 Å². The Morgan fingerprint density at radius 1 is 1.35 bits per heavy atom. The van der Waals surface area contributed by atoms with Crippen LogP contribution in [0.1, 0.15) is 30.0 Å². The van der Waals surface area contributed by atoms with Crippen molar-refractivity contribution >= 4 is 12.4 Å². The lowest BCUT2D eigenvalue weighted by molar-refractivity contribution is 0.154. The number of nitrogens with one attached hydrogen (secondary N) is 1. The van der Waals surface area contributed by atoms with E-state index in [1.165, 1.54) is 6.07 Å². The highest BCUT2D eigenvalue weighted by Crippen LogP contribution is 2.29. The van der Waals surface area contributed by atoms with Crippen molar-refractivity contribution in [3.63, 3.8) is 0 Å². The van der Waals surface area contributed by atoms with Crippen molar-refractivity contribution in [1.82, 2.24) is 10.2 Å². The number of piperazine rings is 1. The Bertz CT molecular complexity index is 411. The third-order valence-electron chi connectivity index (χ3n) is 3.90. The molecule has 2 rings (SSSR count). The Labute approximate surface area is 126 Å². The average Bonchev–Trinajstić information content (AvgIpc) is 2.45. The summed E-state index contributed by atoms with van der Waals surface area (Å²) in [5.41, 5.74) is 1.80. The zero-order valence-electron chi connectivity index (χ0n) is 11.9. The molecule has 0 bridgehead atoms. The molecule has 0 aromatic heterocycles. The molecule has 0 spiro atoms. The molecule has 0 radical (unpaired) electrons. The molecule has 0 aliphatic carbocycles. The molecule has 0 amide bonds. The molecule has 1 fully saturated rings. The Morgan fingerprint density at radius 2 is 2.05 bits per heavy atom. The number of benzene rings is 1. The van der Waals surface area contributed by atoms with E-state index >= 15 is 0 Å². The van der Waals surface area contributed by atoms with Gasteiger partial charge in [0.1, 0.15) is 5.82 Å². The Kier molecular flexibility index (Phi) is 7.45. The Morgan fingerprint density at radius 3 is 2.70 bits per heavy atom. The topological polar surface area (TPSA) is 35.5 Å². The van der Waals surface area contributed by atoms with Gasteiger partial charge in [-0.1, -0.05) is 12.1 Å². The lowest BCUT2D eigenvalue weighted by atomic mass is 9.95. The number of rotatable bonds is 5. The van der Waals surface area contributed by atoms with Crippen LogP contribution < -0.4 is 5.32 Å². The van der Waals surface area contributed by atoms with E-state index in [-0.39, 0.29) is 30.9 Å². The monoisotopic (exact) mass is 302 g/mol. The van der Waals surface area contributed by atoms with Crippen LogP contribution in [0.4, 0.5) is 4.39 Å². The molecule has 1 aromatic rings. The fraction of sp³-hybridized carbons (Fsp3) is 0.600. The Hall–Kier alpha value is -0.680. The van der Waals surface area contributed by atoms with Gasteiger partial charge < -0.3 is 10.4 Å². The van der Waals surface area contributed by atoms with E-state index in [2.05, 4.69) is 10.2 Å². The predicted molar refractivity (Wildman–Crippen MR) is 81.9 cm³/mol. The second-order valence-corrected chi connectivity index (χ2v) is 5.12. The van der Waals surface area contributed by atoms with Gasteiger partial charge in [-0.3, -0.25) is 4.90 Å². The van der Waals surface area contributed by atoms with Crippen molar-refractivity contribution < 1.29 is 9.50 Å². The molecule has 0 unspecified atom stereocenters. The van der Waals surface area contributed by atoms with Gasteiger partial charge in [-0.15, -0.1) is 12.4 Å². The zero-order valence-corrected chi connectivity index (χ0v) is 12.8. The van der Waals surface area contributed by atoms with Crippen LogP contribution in [0.3, 0.4) is 0 Å². The molecule has 1 saturated heterocycles. The number of aliphatic hydroxyl groups excluding tert-OH is 1. The summed E-state index contributed by atoms with van der Waals surface area (Å²) in [6.07, 6.45) is 1.63. The van der Waals surface area contributed by atoms with Gasteiger partial charge in [0.2, 0.25) is 0 Å². The minimum Gasteiger partial charge on any atom is -0.396 e. The maximum atomic E-state index is 13.7. The van der Waals surface area contributed by atoms with Crippen molar-refractivity contribution in [2.45, 2.75) is 25.8 Å². The highest BCUT2D eigenvalue weighted by Gasteiger charge is 2.23. The van der Waals surface area contributed by atoms with Gasteiger partial charge in [0.25, 0.3) is 0 Å². The first-order valence-corrected chi connectivity index (χ1v) is 7.04. The fourth-order valence-electron chi connectivity index (χ4n) is 2.80. The molecule has 114 valence electrons. The summed E-state index contributed by atoms with van der Waals surface area (Å²) in [7, 11) is 0. The van der Waals surface area contributed by atoms with Crippen molar-refractivity contribution in [2.24, 2.45) is 0 Å². The molecule has 0 saturated carbocycles. The quantitative estimate of drug-likeness (QED) is 0.876. The van der Waals surface area contributed by atoms with Crippen LogP contribution in [0.15, 0.2) is 18.2 Å². The second kappa shape index (κ2) is 8.57. The molecule has 2 N–H and O–H groups in total. The maximum absolute atomic E-state index is 13.7. The number of hydrogen-bond acceptors (Lipinski definition) is 3. The molecule has 20 heavy (non-hydrogen) atoms. The zero-order chi connectivity index (χ0) is 13.7. The van der Waals surface area contributed by atoms with Gasteiger partial charge in [-0.2, -0.15) is 0 Å². The molecular formula is C15H24ClFN2O. The van der Waals surface area contributed by atoms with E-state index in [1.54, 1.807) is 6.07 Å². The number of aliphatic hydroxyl groups is 1. The normalized spacial score (nSPS) is 17.6. The number of nitrogens with zero attached hydrogens (tertiary/aromatic N) is 1. The average molecular weight is 303 g/mol. The molecule has 1 atom stereocenters. The van der Waals surface area contributed by atoms with Crippen molar-refractivity contribution in [3.05, 3.63) is 35.1 Å². The lowest BCUT2D eigenvalue weighted by Crippen LogP contribution is -2.45. The summed E-state index contributed by atoms with van der Waals surface area (Å²) in [6.45, 7) is 5.95. The summed E-state index contributed by atoms with van der Waals surface area (Å²) in [5, 5.41) is 12.4. The van der Waals surface area contributed by atoms with Gasteiger partial charge in [0, 0.05) is 38.8 Å². The predicted octanol–water partition coefficient (Wildman–Crippen LogP) is 2.27. The van der Waals surface area contributed by atoms with Crippen LogP contribution in [-0.2, 0) is 0 Å². The SMILES string of the molecule is Cc1c(F)cccc1[C@H](CCCO)N1CCNCC1.Cl. The summed E-state index contributed by atoms with van der Waals surface area (Å²) >= 11 is 0. The molecule has 1 aliphatic rings. The summed E-state index contributed by atoms with van der Waals surface area (Å²) in [4.78, 5) is 2.40. The van der Waals surface area contributed by atoms with E-state index < -0.39 is 0 Å². The molecule has 1 aromatic carbocycles.